The fourth-order valence-electron chi connectivity index (χ4n) is 5.19. The Balaban J connectivity index is 1.22. The standard InChI is InChI=1S/C34H30N8O8/c1-20-6-7-22(48-27-18-21(12-17-35-27)33(44)47-3)19-42(20)32(43)23-8-11-26(41-28(23)30-36-13-4-14-37-30)49-50-34(45)24-9-10-25(46-2)40-29(24)31-38-15-5-16-39-31/h4-5,8-18,20,22H,6-7,19H2,1-3H3/t20-,22-/m1/s1. The van der Waals surface area contributed by atoms with Crippen molar-refractivity contribution >= 4 is 17.8 Å². The summed E-state index contributed by atoms with van der Waals surface area (Å²) >= 11 is 0. The fourth-order valence-corrected chi connectivity index (χ4v) is 5.19. The van der Waals surface area contributed by atoms with Gasteiger partial charge in [-0.05, 0) is 50.1 Å². The molecule has 0 radical (unpaired) electrons. The Morgan fingerprint density at radius 1 is 0.720 bits per heavy atom. The minimum atomic E-state index is -0.901. The van der Waals surface area contributed by atoms with E-state index in [1.807, 2.05) is 6.92 Å². The summed E-state index contributed by atoms with van der Waals surface area (Å²) < 4.78 is 16.1. The topological polar surface area (TPSA) is 191 Å². The van der Waals surface area contributed by atoms with Gasteiger partial charge in [-0.1, -0.05) is 0 Å². The predicted octanol–water partition coefficient (Wildman–Crippen LogP) is 3.80. The molecule has 5 aromatic heterocycles. The number of aromatic nitrogens is 7. The number of piperidine rings is 1. The number of rotatable bonds is 10. The monoisotopic (exact) mass is 678 g/mol. The average molecular weight is 679 g/mol. The number of carbonyl (C=O) groups is 3. The van der Waals surface area contributed by atoms with Gasteiger partial charge < -0.3 is 19.1 Å². The molecule has 0 spiro atoms. The first-order valence-corrected chi connectivity index (χ1v) is 15.4. The number of hydrogen-bond donors (Lipinski definition) is 0. The van der Waals surface area contributed by atoms with Crippen molar-refractivity contribution in [3.63, 3.8) is 0 Å². The Morgan fingerprint density at radius 2 is 1.36 bits per heavy atom. The predicted molar refractivity (Wildman–Crippen MR) is 173 cm³/mol. The number of ether oxygens (including phenoxy) is 3. The number of carbonyl (C=O) groups excluding carboxylic acids is 3. The number of pyridine rings is 3. The van der Waals surface area contributed by atoms with Crippen molar-refractivity contribution in [2.75, 3.05) is 20.8 Å². The molecule has 16 heteroatoms. The second-order valence-corrected chi connectivity index (χ2v) is 10.9. The molecule has 0 aromatic carbocycles. The minimum Gasteiger partial charge on any atom is -0.481 e. The van der Waals surface area contributed by atoms with Crippen LogP contribution in [0.5, 0.6) is 17.6 Å². The lowest BCUT2D eigenvalue weighted by Crippen LogP contribution is -2.49. The maximum Gasteiger partial charge on any atom is 0.388 e. The van der Waals surface area contributed by atoms with Crippen LogP contribution >= 0.6 is 0 Å². The van der Waals surface area contributed by atoms with E-state index in [0.717, 1.165) is 0 Å². The molecule has 1 aliphatic heterocycles. The molecule has 1 aliphatic rings. The molecular weight excluding hydrogens is 648 g/mol. The number of methoxy groups -OCH3 is 2. The van der Waals surface area contributed by atoms with Crippen molar-refractivity contribution in [1.29, 1.82) is 0 Å². The third-order valence-corrected chi connectivity index (χ3v) is 7.70. The van der Waals surface area contributed by atoms with E-state index >= 15 is 0 Å². The quantitative estimate of drug-likeness (QED) is 0.118. The molecule has 0 unspecified atom stereocenters. The van der Waals surface area contributed by atoms with Crippen LogP contribution in [0.25, 0.3) is 23.0 Å². The van der Waals surface area contributed by atoms with Crippen LogP contribution in [0.1, 0.15) is 50.8 Å². The van der Waals surface area contributed by atoms with E-state index in [1.165, 1.54) is 81.6 Å². The van der Waals surface area contributed by atoms with E-state index < -0.39 is 18.0 Å². The minimum absolute atomic E-state index is 0.0125. The molecule has 5 aromatic rings. The number of esters is 1. The van der Waals surface area contributed by atoms with Crippen LogP contribution in [0, 0.1) is 0 Å². The van der Waals surface area contributed by atoms with Gasteiger partial charge in [-0.25, -0.2) is 49.4 Å². The lowest BCUT2D eigenvalue weighted by Gasteiger charge is -2.38. The summed E-state index contributed by atoms with van der Waals surface area (Å²) in [6.45, 7) is 2.18. The second kappa shape index (κ2) is 15.1. The molecule has 2 atom stereocenters. The van der Waals surface area contributed by atoms with Crippen molar-refractivity contribution < 1.29 is 38.4 Å². The summed E-state index contributed by atoms with van der Waals surface area (Å²) in [7, 11) is 2.73. The highest BCUT2D eigenvalue weighted by atomic mass is 17.2. The molecule has 6 heterocycles. The van der Waals surface area contributed by atoms with Gasteiger partial charge in [0.25, 0.3) is 11.8 Å². The summed E-state index contributed by atoms with van der Waals surface area (Å²) in [5, 5.41) is 0. The second-order valence-electron chi connectivity index (χ2n) is 10.9. The zero-order chi connectivity index (χ0) is 35.0. The van der Waals surface area contributed by atoms with E-state index in [1.54, 1.807) is 17.0 Å². The van der Waals surface area contributed by atoms with Crippen LogP contribution in [0.2, 0.25) is 0 Å². The average Bonchev–Trinajstić information content (AvgIpc) is 3.17. The summed E-state index contributed by atoms with van der Waals surface area (Å²) in [4.78, 5) is 81.3. The Hall–Kier alpha value is -6.58. The maximum absolute atomic E-state index is 14.1. The summed E-state index contributed by atoms with van der Waals surface area (Å²) in [5.74, 6) is -1.10. The van der Waals surface area contributed by atoms with Crippen LogP contribution in [-0.2, 0) is 9.62 Å². The smallest absolute Gasteiger partial charge is 0.388 e. The van der Waals surface area contributed by atoms with E-state index in [-0.39, 0.29) is 70.3 Å². The first-order valence-electron chi connectivity index (χ1n) is 15.4. The maximum atomic E-state index is 14.1. The van der Waals surface area contributed by atoms with Crippen molar-refractivity contribution in [1.82, 2.24) is 39.8 Å². The highest BCUT2D eigenvalue weighted by Gasteiger charge is 2.33. The Bertz CT molecular complexity index is 2000. The molecular formula is C34H30N8O8. The normalized spacial score (nSPS) is 15.5. The first-order chi connectivity index (χ1) is 24.3. The van der Waals surface area contributed by atoms with Crippen LogP contribution in [0.4, 0.5) is 0 Å². The van der Waals surface area contributed by atoms with Crippen molar-refractivity contribution in [3.05, 3.63) is 96.2 Å². The van der Waals surface area contributed by atoms with E-state index in [2.05, 4.69) is 34.9 Å². The largest absolute Gasteiger partial charge is 0.481 e. The zero-order valence-corrected chi connectivity index (χ0v) is 27.1. The van der Waals surface area contributed by atoms with Gasteiger partial charge in [-0.2, -0.15) is 0 Å². The summed E-state index contributed by atoms with van der Waals surface area (Å²) in [6.07, 6.45) is 8.40. The molecule has 1 fully saturated rings. The molecule has 1 amide bonds. The van der Waals surface area contributed by atoms with Crippen LogP contribution in [0.15, 0.2) is 79.5 Å². The van der Waals surface area contributed by atoms with Gasteiger partial charge in [-0.3, -0.25) is 9.68 Å². The number of likely N-dealkylation sites (tertiary alicyclic amines) is 1. The van der Waals surface area contributed by atoms with Crippen molar-refractivity contribution in [3.8, 4) is 40.7 Å². The van der Waals surface area contributed by atoms with Crippen molar-refractivity contribution in [2.45, 2.75) is 31.9 Å². The molecule has 0 bridgehead atoms. The molecule has 0 saturated carbocycles. The van der Waals surface area contributed by atoms with Crippen LogP contribution in [-0.4, -0.2) is 90.5 Å². The van der Waals surface area contributed by atoms with Gasteiger partial charge >= 0.3 is 11.9 Å². The Morgan fingerprint density at radius 3 is 2.04 bits per heavy atom. The van der Waals surface area contributed by atoms with Gasteiger partial charge in [0.05, 0.1) is 37.5 Å². The van der Waals surface area contributed by atoms with E-state index in [0.29, 0.717) is 18.4 Å². The van der Waals surface area contributed by atoms with Gasteiger partial charge in [0.1, 0.15) is 17.5 Å². The molecule has 0 aliphatic carbocycles. The molecule has 6 rings (SSSR count). The number of amides is 1. The fraction of sp³-hybridized carbons (Fsp3) is 0.235. The molecule has 254 valence electrons. The zero-order valence-electron chi connectivity index (χ0n) is 27.1. The lowest BCUT2D eigenvalue weighted by atomic mass is 9.99. The third kappa shape index (κ3) is 7.43. The van der Waals surface area contributed by atoms with Gasteiger partial charge in [0.2, 0.25) is 11.8 Å². The Kier molecular flexibility index (Phi) is 10.1. The third-order valence-electron chi connectivity index (χ3n) is 7.70. The van der Waals surface area contributed by atoms with Crippen LogP contribution in [0.3, 0.4) is 0 Å². The lowest BCUT2D eigenvalue weighted by molar-refractivity contribution is -0.152. The van der Waals surface area contributed by atoms with E-state index in [9.17, 15) is 14.4 Å². The molecule has 50 heavy (non-hydrogen) atoms. The van der Waals surface area contributed by atoms with Gasteiger partial charge in [0, 0.05) is 55.2 Å². The number of hydrogen-bond acceptors (Lipinski definition) is 15. The highest BCUT2D eigenvalue weighted by molar-refractivity contribution is 5.99. The summed E-state index contributed by atoms with van der Waals surface area (Å²) in [6, 6.07) is 12.0. The van der Waals surface area contributed by atoms with Gasteiger partial charge in [-0.15, -0.1) is 0 Å². The molecule has 0 N–H and O–H groups in total. The molecule has 1 saturated heterocycles. The Labute approximate surface area is 285 Å². The van der Waals surface area contributed by atoms with Crippen molar-refractivity contribution in [2.24, 2.45) is 0 Å². The number of nitrogens with zero attached hydrogens (tertiary/aromatic N) is 8. The highest BCUT2D eigenvalue weighted by Crippen LogP contribution is 2.28. The van der Waals surface area contributed by atoms with Crippen LogP contribution < -0.4 is 14.4 Å². The van der Waals surface area contributed by atoms with E-state index in [4.69, 9.17) is 24.0 Å². The van der Waals surface area contributed by atoms with Gasteiger partial charge in [0.15, 0.2) is 11.6 Å². The molecule has 16 nitrogen and oxygen atoms in total. The summed E-state index contributed by atoms with van der Waals surface area (Å²) in [5.41, 5.74) is 0.731. The SMILES string of the molecule is COC(=O)c1ccnc(O[C@@H]2CC[C@@H](C)N(C(=O)c3ccc(OOC(=O)c4ccc(OC)nc4-c4ncccn4)nc3-c3ncccn3)C2)c1. The first kappa shape index (κ1) is 33.3.